The molecule has 0 spiro atoms. The van der Waals surface area contributed by atoms with Gasteiger partial charge < -0.3 is 14.4 Å². The lowest BCUT2D eigenvalue weighted by Crippen LogP contribution is -2.12. The lowest BCUT2D eigenvalue weighted by atomic mass is 10.2. The third kappa shape index (κ3) is 2.44. The summed E-state index contributed by atoms with van der Waals surface area (Å²) in [6.45, 7) is 5.25. The Morgan fingerprint density at radius 3 is 2.72 bits per heavy atom. The Bertz CT molecular complexity index is 589. The average molecular weight is 244 g/mol. The molecule has 0 fully saturated rings. The molecule has 0 bridgehead atoms. The smallest absolute Gasteiger partial charge is 0.150 e. The maximum atomic E-state index is 8.95. The quantitative estimate of drug-likeness (QED) is 0.890. The third-order valence-corrected chi connectivity index (χ3v) is 3.05. The van der Waals surface area contributed by atoms with E-state index in [2.05, 4.69) is 16.5 Å². The number of nitrogens with zero attached hydrogens (tertiary/aromatic N) is 3. The van der Waals surface area contributed by atoms with Gasteiger partial charge in [0.1, 0.15) is 11.8 Å². The van der Waals surface area contributed by atoms with Crippen LogP contribution in [0.5, 0.6) is 0 Å². The lowest BCUT2D eigenvalue weighted by Gasteiger charge is -2.03. The first-order valence-electron chi connectivity index (χ1n) is 5.80. The molecule has 0 radical (unpaired) electrons. The van der Waals surface area contributed by atoms with Crippen LogP contribution in [0.2, 0.25) is 0 Å². The zero-order chi connectivity index (χ0) is 13.1. The van der Waals surface area contributed by atoms with Crippen molar-refractivity contribution >= 4 is 0 Å². The Balaban J connectivity index is 1.97. The molecule has 0 aliphatic heterocycles. The number of nitrogens with one attached hydrogen (secondary N) is 1. The van der Waals surface area contributed by atoms with Crippen LogP contribution >= 0.6 is 0 Å². The van der Waals surface area contributed by atoms with E-state index in [9.17, 15) is 0 Å². The van der Waals surface area contributed by atoms with Crippen LogP contribution < -0.4 is 5.32 Å². The maximum Gasteiger partial charge on any atom is 0.150 e. The van der Waals surface area contributed by atoms with Crippen LogP contribution in [0.15, 0.2) is 16.7 Å². The van der Waals surface area contributed by atoms with Crippen LogP contribution in [0, 0.1) is 25.2 Å². The predicted octanol–water partition coefficient (Wildman–Crippen LogP) is 1.79. The van der Waals surface area contributed by atoms with Crippen molar-refractivity contribution in [3.63, 3.8) is 0 Å². The van der Waals surface area contributed by atoms with E-state index in [1.165, 1.54) is 0 Å². The van der Waals surface area contributed by atoms with Crippen molar-refractivity contribution in [3.8, 4) is 6.07 Å². The molecule has 0 saturated heterocycles. The van der Waals surface area contributed by atoms with Crippen molar-refractivity contribution in [2.75, 3.05) is 0 Å². The maximum absolute atomic E-state index is 8.95. The first-order valence-corrected chi connectivity index (χ1v) is 5.80. The van der Waals surface area contributed by atoms with Gasteiger partial charge in [-0.25, -0.2) is 0 Å². The molecule has 0 saturated carbocycles. The molecule has 0 amide bonds. The van der Waals surface area contributed by atoms with Crippen molar-refractivity contribution in [1.82, 2.24) is 15.0 Å². The molecule has 0 atom stereocenters. The summed E-state index contributed by atoms with van der Waals surface area (Å²) in [6.07, 6.45) is 0. The number of hydrogen-bond acceptors (Lipinski definition) is 4. The molecular formula is C13H16N4O. The molecule has 2 aromatic rings. The van der Waals surface area contributed by atoms with Gasteiger partial charge in [0, 0.05) is 25.4 Å². The van der Waals surface area contributed by atoms with Crippen molar-refractivity contribution in [3.05, 3.63) is 40.5 Å². The van der Waals surface area contributed by atoms with Crippen LogP contribution in [0.3, 0.4) is 0 Å². The fraction of sp³-hybridized carbons (Fsp3) is 0.385. The van der Waals surface area contributed by atoms with E-state index in [-0.39, 0.29) is 0 Å². The highest BCUT2D eigenvalue weighted by atomic mass is 16.5. The summed E-state index contributed by atoms with van der Waals surface area (Å²) in [5.41, 5.74) is 3.80. The summed E-state index contributed by atoms with van der Waals surface area (Å²) in [5, 5.41) is 16.1. The lowest BCUT2D eigenvalue weighted by molar-refractivity contribution is 0.369. The summed E-state index contributed by atoms with van der Waals surface area (Å²) < 4.78 is 7.01. The summed E-state index contributed by atoms with van der Waals surface area (Å²) in [5.74, 6) is 0.821. The van der Waals surface area contributed by atoms with E-state index in [1.807, 2.05) is 37.6 Å². The van der Waals surface area contributed by atoms with Crippen molar-refractivity contribution in [1.29, 1.82) is 5.26 Å². The molecular weight excluding hydrogens is 228 g/mol. The number of aromatic nitrogens is 2. The Hall–Kier alpha value is -2.06. The van der Waals surface area contributed by atoms with Gasteiger partial charge in [0.05, 0.1) is 12.2 Å². The van der Waals surface area contributed by atoms with Crippen LogP contribution in [-0.4, -0.2) is 9.72 Å². The highest BCUT2D eigenvalue weighted by Crippen LogP contribution is 2.13. The molecule has 0 aliphatic carbocycles. The standard InChI is InChI=1S/C13H16N4O/c1-9-4-13(18-16-9)8-15-7-11-5-12(6-14)17(3)10(11)2/h4-5,15H,7-8H2,1-3H3. The van der Waals surface area contributed by atoms with E-state index in [0.717, 1.165) is 22.7 Å². The largest absolute Gasteiger partial charge is 0.360 e. The average Bonchev–Trinajstić information content (AvgIpc) is 2.88. The zero-order valence-electron chi connectivity index (χ0n) is 10.8. The third-order valence-electron chi connectivity index (χ3n) is 3.05. The normalized spacial score (nSPS) is 10.6. The van der Waals surface area contributed by atoms with E-state index in [4.69, 9.17) is 9.78 Å². The Kier molecular flexibility index (Phi) is 3.49. The number of aryl methyl sites for hydroxylation is 1. The van der Waals surface area contributed by atoms with Gasteiger partial charge in [-0.05, 0) is 25.5 Å². The zero-order valence-corrected chi connectivity index (χ0v) is 10.8. The molecule has 94 valence electrons. The van der Waals surface area contributed by atoms with Crippen molar-refractivity contribution in [2.24, 2.45) is 7.05 Å². The van der Waals surface area contributed by atoms with E-state index in [1.54, 1.807) is 0 Å². The van der Waals surface area contributed by atoms with Crippen LogP contribution in [0.1, 0.15) is 28.4 Å². The molecule has 5 nitrogen and oxygen atoms in total. The number of rotatable bonds is 4. The molecule has 0 aliphatic rings. The fourth-order valence-electron chi connectivity index (χ4n) is 1.87. The van der Waals surface area contributed by atoms with Crippen LogP contribution in [0.25, 0.3) is 0 Å². The van der Waals surface area contributed by atoms with Gasteiger partial charge in [0.2, 0.25) is 0 Å². The summed E-state index contributed by atoms with van der Waals surface area (Å²) >= 11 is 0. The SMILES string of the molecule is Cc1cc(CNCc2cc(C#N)n(C)c2C)on1. The molecule has 2 aromatic heterocycles. The highest BCUT2D eigenvalue weighted by molar-refractivity contribution is 5.34. The van der Waals surface area contributed by atoms with Crippen LogP contribution in [0.4, 0.5) is 0 Å². The Morgan fingerprint density at radius 2 is 2.17 bits per heavy atom. The van der Waals surface area contributed by atoms with Gasteiger partial charge in [-0.2, -0.15) is 5.26 Å². The van der Waals surface area contributed by atoms with E-state index < -0.39 is 0 Å². The predicted molar refractivity (Wildman–Crippen MR) is 66.6 cm³/mol. The summed E-state index contributed by atoms with van der Waals surface area (Å²) in [6, 6.07) is 5.99. The van der Waals surface area contributed by atoms with Crippen molar-refractivity contribution < 1.29 is 4.52 Å². The van der Waals surface area contributed by atoms with Gasteiger partial charge in [-0.3, -0.25) is 0 Å². The molecule has 18 heavy (non-hydrogen) atoms. The minimum atomic E-state index is 0.636. The van der Waals surface area contributed by atoms with Gasteiger partial charge in [0.15, 0.2) is 5.76 Å². The number of nitriles is 1. The molecule has 1 N–H and O–H groups in total. The van der Waals surface area contributed by atoms with Crippen LogP contribution in [-0.2, 0) is 20.1 Å². The molecule has 2 rings (SSSR count). The number of hydrogen-bond donors (Lipinski definition) is 1. The summed E-state index contributed by atoms with van der Waals surface area (Å²) in [7, 11) is 1.90. The summed E-state index contributed by atoms with van der Waals surface area (Å²) in [4.78, 5) is 0. The minimum Gasteiger partial charge on any atom is -0.360 e. The second-order valence-corrected chi connectivity index (χ2v) is 4.35. The topological polar surface area (TPSA) is 66.8 Å². The van der Waals surface area contributed by atoms with Gasteiger partial charge >= 0.3 is 0 Å². The van der Waals surface area contributed by atoms with Crippen molar-refractivity contribution in [2.45, 2.75) is 26.9 Å². The molecule has 2 heterocycles. The van der Waals surface area contributed by atoms with E-state index >= 15 is 0 Å². The van der Waals surface area contributed by atoms with Gasteiger partial charge in [0.25, 0.3) is 0 Å². The van der Waals surface area contributed by atoms with E-state index in [0.29, 0.717) is 18.8 Å². The highest BCUT2D eigenvalue weighted by Gasteiger charge is 2.08. The molecule has 0 unspecified atom stereocenters. The van der Waals surface area contributed by atoms with Gasteiger partial charge in [-0.15, -0.1) is 0 Å². The second-order valence-electron chi connectivity index (χ2n) is 4.35. The van der Waals surface area contributed by atoms with Gasteiger partial charge in [-0.1, -0.05) is 5.16 Å². The molecule has 0 aromatic carbocycles. The Morgan fingerprint density at radius 1 is 1.39 bits per heavy atom. The molecule has 5 heteroatoms. The first-order chi connectivity index (χ1) is 8.61. The fourth-order valence-corrected chi connectivity index (χ4v) is 1.87. The minimum absolute atomic E-state index is 0.636. The monoisotopic (exact) mass is 244 g/mol. The second kappa shape index (κ2) is 5.07. The first kappa shape index (κ1) is 12.4. The Labute approximate surface area is 106 Å².